The lowest BCUT2D eigenvalue weighted by Crippen LogP contribution is -2.19. The molecule has 96 valence electrons. The molecule has 0 saturated carbocycles. The van der Waals surface area contributed by atoms with Crippen LogP contribution in [-0.2, 0) is 13.0 Å². The van der Waals surface area contributed by atoms with E-state index in [0.29, 0.717) is 5.56 Å². The zero-order chi connectivity index (χ0) is 13.2. The first-order valence-electron chi connectivity index (χ1n) is 6.40. The number of hydrogen-bond acceptors (Lipinski definition) is 2. The van der Waals surface area contributed by atoms with Gasteiger partial charge in [-0.3, -0.25) is 0 Å². The largest absolute Gasteiger partial charge is 0.478 e. The minimum atomic E-state index is -0.835. The van der Waals surface area contributed by atoms with Gasteiger partial charge >= 0.3 is 5.97 Å². The van der Waals surface area contributed by atoms with E-state index >= 15 is 0 Å². The van der Waals surface area contributed by atoms with E-state index in [-0.39, 0.29) is 0 Å². The Labute approximate surface area is 112 Å². The summed E-state index contributed by atoms with van der Waals surface area (Å²) in [6.45, 7) is 1.71. The number of carbonyl (C=O) groups is 1. The van der Waals surface area contributed by atoms with Crippen LogP contribution in [0.4, 0.5) is 5.69 Å². The molecule has 1 aliphatic rings. The predicted molar refractivity (Wildman–Crippen MR) is 74.6 cm³/mol. The van der Waals surface area contributed by atoms with Gasteiger partial charge in [-0.15, -0.1) is 0 Å². The summed E-state index contributed by atoms with van der Waals surface area (Å²) in [7, 11) is 0. The second-order valence-electron chi connectivity index (χ2n) is 4.77. The Hall–Kier alpha value is -2.29. The number of nitrogens with zero attached hydrogens (tertiary/aromatic N) is 1. The SMILES string of the molecule is O=C(O)c1cccc2c1CCN2Cc1ccccc1. The first-order valence-corrected chi connectivity index (χ1v) is 6.40. The Morgan fingerprint density at radius 1 is 1.11 bits per heavy atom. The van der Waals surface area contributed by atoms with Gasteiger partial charge in [0.2, 0.25) is 0 Å². The van der Waals surface area contributed by atoms with Crippen molar-refractivity contribution in [3.05, 3.63) is 65.2 Å². The fraction of sp³-hybridized carbons (Fsp3) is 0.188. The summed E-state index contributed by atoms with van der Waals surface area (Å²) < 4.78 is 0. The summed E-state index contributed by atoms with van der Waals surface area (Å²) in [4.78, 5) is 13.5. The maximum absolute atomic E-state index is 11.2. The Morgan fingerprint density at radius 2 is 1.89 bits per heavy atom. The molecule has 0 unspecified atom stereocenters. The second kappa shape index (κ2) is 4.76. The van der Waals surface area contributed by atoms with E-state index in [1.807, 2.05) is 30.3 Å². The molecule has 0 fully saturated rings. The number of aromatic carboxylic acids is 1. The topological polar surface area (TPSA) is 40.5 Å². The van der Waals surface area contributed by atoms with E-state index in [0.717, 1.165) is 30.8 Å². The van der Waals surface area contributed by atoms with Crippen molar-refractivity contribution in [2.24, 2.45) is 0 Å². The molecule has 0 bridgehead atoms. The van der Waals surface area contributed by atoms with Gasteiger partial charge in [0, 0.05) is 18.8 Å². The van der Waals surface area contributed by atoms with E-state index in [2.05, 4.69) is 17.0 Å². The van der Waals surface area contributed by atoms with Crippen LogP contribution in [0.2, 0.25) is 0 Å². The average molecular weight is 253 g/mol. The third-order valence-electron chi connectivity index (χ3n) is 3.57. The molecule has 2 aromatic carbocycles. The molecule has 0 spiro atoms. The van der Waals surface area contributed by atoms with Crippen LogP contribution in [0.1, 0.15) is 21.5 Å². The molecule has 0 aromatic heterocycles. The van der Waals surface area contributed by atoms with Gasteiger partial charge in [0.1, 0.15) is 0 Å². The van der Waals surface area contributed by atoms with Crippen molar-refractivity contribution in [2.45, 2.75) is 13.0 Å². The number of rotatable bonds is 3. The van der Waals surface area contributed by atoms with Crippen LogP contribution in [0, 0.1) is 0 Å². The number of fused-ring (bicyclic) bond motifs is 1. The Kier molecular flexibility index (Phi) is 2.95. The molecule has 0 aliphatic carbocycles. The minimum absolute atomic E-state index is 0.438. The molecule has 0 radical (unpaired) electrons. The van der Waals surface area contributed by atoms with Gasteiger partial charge in [0.15, 0.2) is 0 Å². The Bertz CT molecular complexity index is 607. The number of anilines is 1. The van der Waals surface area contributed by atoms with Gasteiger partial charge in [-0.25, -0.2) is 4.79 Å². The summed E-state index contributed by atoms with van der Waals surface area (Å²) in [6, 6.07) is 15.8. The molecule has 1 N–H and O–H groups in total. The lowest BCUT2D eigenvalue weighted by Gasteiger charge is -2.19. The van der Waals surface area contributed by atoms with Crippen molar-refractivity contribution in [3.8, 4) is 0 Å². The number of carboxylic acid groups (broad SMARTS) is 1. The zero-order valence-corrected chi connectivity index (χ0v) is 10.5. The van der Waals surface area contributed by atoms with Crippen molar-refractivity contribution >= 4 is 11.7 Å². The Morgan fingerprint density at radius 3 is 2.63 bits per heavy atom. The minimum Gasteiger partial charge on any atom is -0.478 e. The van der Waals surface area contributed by atoms with Crippen LogP contribution in [0.3, 0.4) is 0 Å². The van der Waals surface area contributed by atoms with Gasteiger partial charge in [-0.2, -0.15) is 0 Å². The van der Waals surface area contributed by atoms with Crippen LogP contribution in [0.5, 0.6) is 0 Å². The van der Waals surface area contributed by atoms with Crippen LogP contribution in [-0.4, -0.2) is 17.6 Å². The van der Waals surface area contributed by atoms with E-state index in [1.54, 1.807) is 6.07 Å². The maximum atomic E-state index is 11.2. The molecule has 3 nitrogen and oxygen atoms in total. The van der Waals surface area contributed by atoms with E-state index < -0.39 is 5.97 Å². The smallest absolute Gasteiger partial charge is 0.336 e. The molecule has 0 amide bonds. The first-order chi connectivity index (χ1) is 9.25. The molecule has 1 heterocycles. The highest BCUT2D eigenvalue weighted by molar-refractivity contribution is 5.92. The van der Waals surface area contributed by atoms with Crippen molar-refractivity contribution in [2.75, 3.05) is 11.4 Å². The quantitative estimate of drug-likeness (QED) is 0.914. The average Bonchev–Trinajstić information content (AvgIpc) is 2.83. The van der Waals surface area contributed by atoms with E-state index in [4.69, 9.17) is 0 Å². The summed E-state index contributed by atoms with van der Waals surface area (Å²) in [5, 5.41) is 9.21. The highest BCUT2D eigenvalue weighted by atomic mass is 16.4. The first kappa shape index (κ1) is 11.8. The van der Waals surface area contributed by atoms with Crippen molar-refractivity contribution in [1.29, 1.82) is 0 Å². The summed E-state index contributed by atoms with van der Waals surface area (Å²) in [6.07, 6.45) is 0.810. The van der Waals surface area contributed by atoms with Crippen molar-refractivity contribution < 1.29 is 9.90 Å². The second-order valence-corrected chi connectivity index (χ2v) is 4.77. The third-order valence-corrected chi connectivity index (χ3v) is 3.57. The van der Waals surface area contributed by atoms with Crippen LogP contribution in [0.25, 0.3) is 0 Å². The van der Waals surface area contributed by atoms with Crippen molar-refractivity contribution in [1.82, 2.24) is 0 Å². The van der Waals surface area contributed by atoms with Crippen LogP contribution < -0.4 is 4.90 Å². The van der Waals surface area contributed by atoms with Gasteiger partial charge in [0.25, 0.3) is 0 Å². The summed E-state index contributed by atoms with van der Waals surface area (Å²) in [5.74, 6) is -0.835. The molecule has 1 aliphatic heterocycles. The molecular weight excluding hydrogens is 238 g/mol. The molecule has 0 saturated heterocycles. The summed E-state index contributed by atoms with van der Waals surface area (Å²) >= 11 is 0. The van der Waals surface area contributed by atoms with E-state index in [1.165, 1.54) is 5.56 Å². The number of carboxylic acids is 1. The fourth-order valence-electron chi connectivity index (χ4n) is 2.67. The van der Waals surface area contributed by atoms with Gasteiger partial charge in [-0.1, -0.05) is 36.4 Å². The molecular formula is C16H15NO2. The summed E-state index contributed by atoms with van der Waals surface area (Å²) in [5.41, 5.74) is 3.71. The van der Waals surface area contributed by atoms with Crippen LogP contribution in [0.15, 0.2) is 48.5 Å². The monoisotopic (exact) mass is 253 g/mol. The fourth-order valence-corrected chi connectivity index (χ4v) is 2.67. The molecule has 0 atom stereocenters. The molecule has 3 heteroatoms. The van der Waals surface area contributed by atoms with Crippen molar-refractivity contribution in [3.63, 3.8) is 0 Å². The number of hydrogen-bond donors (Lipinski definition) is 1. The maximum Gasteiger partial charge on any atom is 0.336 e. The van der Waals surface area contributed by atoms with Crippen LogP contribution >= 0.6 is 0 Å². The highest BCUT2D eigenvalue weighted by Crippen LogP contribution is 2.31. The van der Waals surface area contributed by atoms with Gasteiger partial charge in [0.05, 0.1) is 5.56 Å². The highest BCUT2D eigenvalue weighted by Gasteiger charge is 2.23. The van der Waals surface area contributed by atoms with Gasteiger partial charge < -0.3 is 10.0 Å². The Balaban J connectivity index is 1.91. The molecule has 3 rings (SSSR count). The zero-order valence-electron chi connectivity index (χ0n) is 10.5. The molecule has 19 heavy (non-hydrogen) atoms. The lowest BCUT2D eigenvalue weighted by atomic mass is 10.1. The predicted octanol–water partition coefficient (Wildman–Crippen LogP) is 2.95. The van der Waals surface area contributed by atoms with E-state index in [9.17, 15) is 9.90 Å². The lowest BCUT2D eigenvalue weighted by molar-refractivity contribution is 0.0696. The third kappa shape index (κ3) is 2.19. The number of benzene rings is 2. The normalized spacial score (nSPS) is 13.4. The molecule has 2 aromatic rings. The van der Waals surface area contributed by atoms with Gasteiger partial charge in [-0.05, 0) is 29.7 Å². The standard InChI is InChI=1S/C16H15NO2/c18-16(19)14-7-4-8-15-13(14)9-10-17(15)11-12-5-2-1-3-6-12/h1-8H,9-11H2,(H,18,19).